The van der Waals surface area contributed by atoms with Gasteiger partial charge in [-0.3, -0.25) is 9.59 Å². The van der Waals surface area contributed by atoms with Gasteiger partial charge in [0.25, 0.3) is 0 Å². The van der Waals surface area contributed by atoms with Gasteiger partial charge in [0.2, 0.25) is 5.91 Å². The Morgan fingerprint density at radius 3 is 2.47 bits per heavy atom. The summed E-state index contributed by atoms with van der Waals surface area (Å²) in [7, 11) is 0. The Morgan fingerprint density at radius 2 is 1.82 bits per heavy atom. The van der Waals surface area contributed by atoms with Crippen molar-refractivity contribution in [2.75, 3.05) is 19.8 Å². The van der Waals surface area contributed by atoms with Crippen LogP contribution in [-0.2, 0) is 14.3 Å². The minimum absolute atomic E-state index is 0.00844. The second-order valence-electron chi connectivity index (χ2n) is 3.92. The number of carboxylic acid groups (broad SMARTS) is 1. The van der Waals surface area contributed by atoms with Crippen molar-refractivity contribution in [1.82, 2.24) is 5.32 Å². The van der Waals surface area contributed by atoms with Crippen molar-refractivity contribution in [3.63, 3.8) is 0 Å². The summed E-state index contributed by atoms with van der Waals surface area (Å²) < 4.78 is 5.27. The summed E-state index contributed by atoms with van der Waals surface area (Å²) in [4.78, 5) is 21.5. The molecule has 5 nitrogen and oxygen atoms in total. The van der Waals surface area contributed by atoms with Crippen LogP contribution in [0.3, 0.4) is 0 Å². The minimum Gasteiger partial charge on any atom is -0.481 e. The molecule has 0 atom stereocenters. The summed E-state index contributed by atoms with van der Waals surface area (Å²) >= 11 is 0. The van der Waals surface area contributed by atoms with E-state index in [-0.39, 0.29) is 12.3 Å². The van der Waals surface area contributed by atoms with E-state index in [1.54, 1.807) is 0 Å². The Bertz CT molecular complexity index is 219. The topological polar surface area (TPSA) is 75.6 Å². The molecule has 0 aliphatic heterocycles. The third-order valence-electron chi connectivity index (χ3n) is 2.18. The zero-order valence-corrected chi connectivity index (χ0v) is 10.5. The summed E-state index contributed by atoms with van der Waals surface area (Å²) in [6.45, 7) is 4.12. The number of carbonyl (C=O) groups excluding carboxylic acids is 1. The Labute approximate surface area is 103 Å². The molecule has 0 bridgehead atoms. The third-order valence-corrected chi connectivity index (χ3v) is 2.18. The van der Waals surface area contributed by atoms with Crippen molar-refractivity contribution in [3.05, 3.63) is 0 Å². The Kier molecular flexibility index (Phi) is 10.7. The van der Waals surface area contributed by atoms with E-state index in [0.717, 1.165) is 19.4 Å². The highest BCUT2D eigenvalue weighted by Crippen LogP contribution is 1.99. The summed E-state index contributed by atoms with van der Waals surface area (Å²) in [6.07, 6.45) is 3.56. The van der Waals surface area contributed by atoms with Crippen LogP contribution in [0.15, 0.2) is 0 Å². The molecule has 17 heavy (non-hydrogen) atoms. The smallest absolute Gasteiger partial charge is 0.303 e. The van der Waals surface area contributed by atoms with Crippen LogP contribution in [0.2, 0.25) is 0 Å². The summed E-state index contributed by atoms with van der Waals surface area (Å²) in [6, 6.07) is 0. The number of carboxylic acids is 1. The van der Waals surface area contributed by atoms with Gasteiger partial charge in [0.05, 0.1) is 0 Å². The SMILES string of the molecule is CCCOCCCNC(=O)CCCCC(=O)O. The number of unbranched alkanes of at least 4 members (excludes halogenated alkanes) is 1. The predicted octanol–water partition coefficient (Wildman–Crippen LogP) is 1.56. The Morgan fingerprint density at radius 1 is 1.12 bits per heavy atom. The van der Waals surface area contributed by atoms with Crippen molar-refractivity contribution >= 4 is 11.9 Å². The van der Waals surface area contributed by atoms with E-state index in [9.17, 15) is 9.59 Å². The highest BCUT2D eigenvalue weighted by Gasteiger charge is 2.02. The number of nitrogens with one attached hydrogen (secondary N) is 1. The van der Waals surface area contributed by atoms with Gasteiger partial charge in [0.1, 0.15) is 0 Å². The van der Waals surface area contributed by atoms with Gasteiger partial charge in [-0.15, -0.1) is 0 Å². The zero-order chi connectivity index (χ0) is 12.9. The molecule has 0 aromatic heterocycles. The summed E-state index contributed by atoms with van der Waals surface area (Å²) in [5, 5.41) is 11.2. The molecule has 0 heterocycles. The second-order valence-corrected chi connectivity index (χ2v) is 3.92. The van der Waals surface area contributed by atoms with Crippen LogP contribution < -0.4 is 5.32 Å². The molecule has 0 aromatic carbocycles. The quantitative estimate of drug-likeness (QED) is 0.542. The lowest BCUT2D eigenvalue weighted by Crippen LogP contribution is -2.24. The van der Waals surface area contributed by atoms with Gasteiger partial charge in [-0.1, -0.05) is 6.92 Å². The van der Waals surface area contributed by atoms with Crippen LogP contribution in [0.4, 0.5) is 0 Å². The number of carbonyl (C=O) groups is 2. The zero-order valence-electron chi connectivity index (χ0n) is 10.5. The largest absolute Gasteiger partial charge is 0.481 e. The van der Waals surface area contributed by atoms with Gasteiger partial charge >= 0.3 is 5.97 Å². The van der Waals surface area contributed by atoms with E-state index in [1.165, 1.54) is 0 Å². The first-order valence-corrected chi connectivity index (χ1v) is 6.23. The molecule has 0 fully saturated rings. The summed E-state index contributed by atoms with van der Waals surface area (Å²) in [5.41, 5.74) is 0. The van der Waals surface area contributed by atoms with Crippen LogP contribution in [0.5, 0.6) is 0 Å². The van der Waals surface area contributed by atoms with Crippen molar-refractivity contribution in [1.29, 1.82) is 0 Å². The molecule has 2 N–H and O–H groups in total. The fourth-order valence-electron chi connectivity index (χ4n) is 1.30. The average molecular weight is 245 g/mol. The molecule has 0 saturated carbocycles. The van der Waals surface area contributed by atoms with E-state index in [2.05, 4.69) is 12.2 Å². The molecule has 0 radical (unpaired) electrons. The maximum absolute atomic E-state index is 11.3. The van der Waals surface area contributed by atoms with Crippen molar-refractivity contribution in [3.8, 4) is 0 Å². The maximum Gasteiger partial charge on any atom is 0.303 e. The molecular weight excluding hydrogens is 222 g/mol. The number of rotatable bonds is 11. The molecule has 0 rings (SSSR count). The van der Waals surface area contributed by atoms with Gasteiger partial charge in [-0.2, -0.15) is 0 Å². The number of ether oxygens (including phenoxy) is 1. The fourth-order valence-corrected chi connectivity index (χ4v) is 1.30. The standard InChI is InChI=1S/C12H23NO4/c1-2-9-17-10-5-8-13-11(14)6-3-4-7-12(15)16/h2-10H2,1H3,(H,13,14)(H,15,16). The molecule has 100 valence electrons. The fraction of sp³-hybridized carbons (Fsp3) is 0.833. The third kappa shape index (κ3) is 12.8. The second kappa shape index (κ2) is 11.4. The van der Waals surface area contributed by atoms with Crippen molar-refractivity contribution in [2.45, 2.75) is 45.4 Å². The molecule has 0 saturated heterocycles. The number of aliphatic carboxylic acids is 1. The predicted molar refractivity (Wildman–Crippen MR) is 64.8 cm³/mol. The lowest BCUT2D eigenvalue weighted by atomic mass is 10.2. The molecule has 0 unspecified atom stereocenters. The molecule has 5 heteroatoms. The molecule has 0 aliphatic rings. The monoisotopic (exact) mass is 245 g/mol. The maximum atomic E-state index is 11.3. The molecular formula is C12H23NO4. The van der Waals surface area contributed by atoms with Crippen LogP contribution in [-0.4, -0.2) is 36.7 Å². The van der Waals surface area contributed by atoms with Gasteiger partial charge in [-0.25, -0.2) is 0 Å². The van der Waals surface area contributed by atoms with Gasteiger partial charge in [0.15, 0.2) is 0 Å². The van der Waals surface area contributed by atoms with E-state index >= 15 is 0 Å². The Balaban J connectivity index is 3.20. The van der Waals surface area contributed by atoms with E-state index < -0.39 is 5.97 Å². The van der Waals surface area contributed by atoms with Crippen LogP contribution in [0.1, 0.15) is 45.4 Å². The highest BCUT2D eigenvalue weighted by molar-refractivity contribution is 5.75. The number of hydrogen-bond donors (Lipinski definition) is 2. The lowest BCUT2D eigenvalue weighted by molar-refractivity contribution is -0.137. The summed E-state index contributed by atoms with van der Waals surface area (Å²) in [5.74, 6) is -0.815. The van der Waals surface area contributed by atoms with Crippen LogP contribution in [0.25, 0.3) is 0 Å². The first-order valence-electron chi connectivity index (χ1n) is 6.23. The van der Waals surface area contributed by atoms with Crippen molar-refractivity contribution in [2.24, 2.45) is 0 Å². The van der Waals surface area contributed by atoms with E-state index in [0.29, 0.717) is 32.4 Å². The minimum atomic E-state index is -0.807. The van der Waals surface area contributed by atoms with Crippen LogP contribution >= 0.6 is 0 Å². The Hall–Kier alpha value is -1.10. The van der Waals surface area contributed by atoms with E-state index in [4.69, 9.17) is 9.84 Å². The van der Waals surface area contributed by atoms with Crippen molar-refractivity contribution < 1.29 is 19.4 Å². The number of hydrogen-bond acceptors (Lipinski definition) is 3. The van der Waals surface area contributed by atoms with Gasteiger partial charge in [-0.05, 0) is 25.7 Å². The molecule has 1 amide bonds. The molecule has 0 aromatic rings. The van der Waals surface area contributed by atoms with Crippen LogP contribution in [0, 0.1) is 0 Å². The average Bonchev–Trinajstić information content (AvgIpc) is 2.29. The molecule has 0 spiro atoms. The highest BCUT2D eigenvalue weighted by atomic mass is 16.5. The first kappa shape index (κ1) is 15.9. The number of amides is 1. The normalized spacial score (nSPS) is 10.2. The van der Waals surface area contributed by atoms with Gasteiger partial charge in [0, 0.05) is 32.6 Å². The van der Waals surface area contributed by atoms with Gasteiger partial charge < -0.3 is 15.2 Å². The first-order chi connectivity index (χ1) is 8.16. The molecule has 0 aliphatic carbocycles. The lowest BCUT2D eigenvalue weighted by Gasteiger charge is -2.05. The van der Waals surface area contributed by atoms with E-state index in [1.807, 2.05) is 0 Å².